The predicted molar refractivity (Wildman–Crippen MR) is 108 cm³/mol. The number of carbonyl (C=O) groups excluding carboxylic acids is 2. The maximum atomic E-state index is 12.1. The first-order valence-corrected chi connectivity index (χ1v) is 10.3. The van der Waals surface area contributed by atoms with Crippen LogP contribution in [0.3, 0.4) is 0 Å². The maximum absolute atomic E-state index is 12.1. The van der Waals surface area contributed by atoms with E-state index in [-0.39, 0.29) is 11.7 Å². The summed E-state index contributed by atoms with van der Waals surface area (Å²) >= 11 is 0. The Morgan fingerprint density at radius 3 is 2.04 bits per heavy atom. The van der Waals surface area contributed by atoms with Gasteiger partial charge in [-0.15, -0.1) is 0 Å². The first kappa shape index (κ1) is 19.2. The Kier molecular flexibility index (Phi) is 7.69. The summed E-state index contributed by atoms with van der Waals surface area (Å²) in [5, 5.41) is 2.84. The predicted octanol–water partition coefficient (Wildman–Crippen LogP) is 3.24. The smallest absolute Gasteiger partial charge is 0.253 e. The number of rotatable bonds is 9. The average Bonchev–Trinajstić information content (AvgIpc) is 2.61. The van der Waals surface area contributed by atoms with E-state index in [1.54, 1.807) is 58.0 Å². The molecule has 7 heteroatoms. The normalized spacial score (nSPS) is 10.4. The van der Waals surface area contributed by atoms with Crippen LogP contribution in [0.25, 0.3) is 0 Å². The van der Waals surface area contributed by atoms with Crippen LogP contribution < -0.4 is 16.8 Å². The van der Waals surface area contributed by atoms with Crippen molar-refractivity contribution in [1.82, 2.24) is 5.32 Å². The van der Waals surface area contributed by atoms with Gasteiger partial charge in [-0.05, 0) is 24.3 Å². The molecule has 25 heavy (non-hydrogen) atoms. The molecule has 0 unspecified atom stereocenters. The number of carbonyl (C=O) groups is 2. The van der Waals surface area contributed by atoms with Crippen molar-refractivity contribution in [3.05, 3.63) is 59.7 Å². The molecule has 1 amide bonds. The van der Waals surface area contributed by atoms with Crippen LogP contribution in [0.4, 0.5) is 11.4 Å². The van der Waals surface area contributed by atoms with Crippen LogP contribution in [0.5, 0.6) is 0 Å². The zero-order valence-electron chi connectivity index (χ0n) is 13.7. The fourth-order valence-corrected chi connectivity index (χ4v) is 4.04. The van der Waals surface area contributed by atoms with E-state index in [1.165, 1.54) is 0 Å². The summed E-state index contributed by atoms with van der Waals surface area (Å²) in [6.07, 6.45) is 0.443. The van der Waals surface area contributed by atoms with Gasteiger partial charge in [0.05, 0.1) is 5.56 Å². The van der Waals surface area contributed by atoms with Crippen LogP contribution in [-0.4, -0.2) is 29.7 Å². The summed E-state index contributed by atoms with van der Waals surface area (Å²) in [5.74, 6) is 1.35. The van der Waals surface area contributed by atoms with Gasteiger partial charge in [-0.25, -0.2) is 0 Å². The second kappa shape index (κ2) is 10.0. The maximum Gasteiger partial charge on any atom is 0.253 e. The first-order chi connectivity index (χ1) is 12.1. The topological polar surface area (TPSA) is 98.2 Å². The van der Waals surface area contributed by atoms with E-state index >= 15 is 0 Å². The van der Waals surface area contributed by atoms with E-state index in [4.69, 9.17) is 11.5 Å². The van der Waals surface area contributed by atoms with Crippen molar-refractivity contribution in [1.29, 1.82) is 0 Å². The highest BCUT2D eigenvalue weighted by Gasteiger charge is 2.09. The van der Waals surface area contributed by atoms with Gasteiger partial charge in [0, 0.05) is 41.4 Å². The molecule has 2 aromatic carbocycles. The lowest BCUT2D eigenvalue weighted by Gasteiger charge is -2.07. The molecular weight excluding hydrogens is 354 g/mol. The molecule has 132 valence electrons. The number of para-hydroxylation sites is 2. The number of hydrogen-bond acceptors (Lipinski definition) is 6. The van der Waals surface area contributed by atoms with E-state index in [9.17, 15) is 9.59 Å². The number of nitrogen functional groups attached to an aromatic ring is 2. The van der Waals surface area contributed by atoms with Crippen molar-refractivity contribution in [3.8, 4) is 0 Å². The van der Waals surface area contributed by atoms with Crippen LogP contribution in [0.1, 0.15) is 27.1 Å². The van der Waals surface area contributed by atoms with Gasteiger partial charge in [0.1, 0.15) is 0 Å². The van der Waals surface area contributed by atoms with Crippen molar-refractivity contribution >= 4 is 44.7 Å². The zero-order chi connectivity index (χ0) is 18.1. The van der Waals surface area contributed by atoms with Gasteiger partial charge in [0.2, 0.25) is 0 Å². The molecule has 0 fully saturated rings. The Balaban J connectivity index is 1.60. The molecule has 0 aliphatic rings. The molecule has 0 radical (unpaired) electrons. The standard InChI is InChI=1S/C18H21N3O2S2/c19-15-7-3-1-5-13(15)17(22)9-11-24-25-12-10-21-18(23)14-6-2-4-8-16(14)20/h1-8H,9-12,19-20H2,(H,21,23). The Morgan fingerprint density at radius 2 is 1.40 bits per heavy atom. The highest BCUT2D eigenvalue weighted by molar-refractivity contribution is 8.76. The van der Waals surface area contributed by atoms with Crippen LogP contribution in [0.15, 0.2) is 48.5 Å². The van der Waals surface area contributed by atoms with Gasteiger partial charge in [0.25, 0.3) is 5.91 Å². The molecule has 0 saturated heterocycles. The lowest BCUT2D eigenvalue weighted by Crippen LogP contribution is -2.26. The number of benzene rings is 2. The van der Waals surface area contributed by atoms with Gasteiger partial charge in [-0.3, -0.25) is 9.59 Å². The third-order valence-electron chi connectivity index (χ3n) is 3.43. The number of Topliss-reactive ketones (excluding diaryl/α,β-unsaturated/α-hetero) is 1. The molecule has 0 aliphatic carbocycles. The van der Waals surface area contributed by atoms with Crippen molar-refractivity contribution in [2.45, 2.75) is 6.42 Å². The average molecular weight is 376 g/mol. The Bertz CT molecular complexity index is 676. The fraction of sp³-hybridized carbons (Fsp3) is 0.222. The summed E-state index contributed by atoms with van der Waals surface area (Å²) < 4.78 is 0. The summed E-state index contributed by atoms with van der Waals surface area (Å²) in [5.41, 5.74) is 13.6. The molecule has 0 saturated carbocycles. The van der Waals surface area contributed by atoms with Crippen LogP contribution in [-0.2, 0) is 0 Å². The Hall–Kier alpha value is -2.12. The second-order valence-electron chi connectivity index (χ2n) is 5.25. The zero-order valence-corrected chi connectivity index (χ0v) is 15.4. The van der Waals surface area contributed by atoms with Gasteiger partial charge in [-0.1, -0.05) is 45.9 Å². The molecule has 2 aromatic rings. The Morgan fingerprint density at radius 1 is 0.840 bits per heavy atom. The van der Waals surface area contributed by atoms with Crippen molar-refractivity contribution in [2.75, 3.05) is 29.5 Å². The van der Waals surface area contributed by atoms with E-state index in [0.29, 0.717) is 41.2 Å². The summed E-state index contributed by atoms with van der Waals surface area (Å²) in [6, 6.07) is 14.1. The molecule has 5 N–H and O–H groups in total. The third kappa shape index (κ3) is 6.03. The number of nitrogens with one attached hydrogen (secondary N) is 1. The first-order valence-electron chi connectivity index (χ1n) is 7.84. The summed E-state index contributed by atoms with van der Waals surface area (Å²) in [6.45, 7) is 0.546. The summed E-state index contributed by atoms with van der Waals surface area (Å²) in [4.78, 5) is 24.0. The number of amides is 1. The highest BCUT2D eigenvalue weighted by Crippen LogP contribution is 2.23. The van der Waals surface area contributed by atoms with E-state index < -0.39 is 0 Å². The van der Waals surface area contributed by atoms with Crippen LogP contribution in [0, 0.1) is 0 Å². The Labute approximate surface area is 155 Å². The number of nitrogens with two attached hydrogens (primary N) is 2. The number of ketones is 1. The second-order valence-corrected chi connectivity index (χ2v) is 7.95. The van der Waals surface area contributed by atoms with Crippen molar-refractivity contribution < 1.29 is 9.59 Å². The third-order valence-corrected chi connectivity index (χ3v) is 5.84. The SMILES string of the molecule is Nc1ccccc1C(=O)CCSSCCNC(=O)c1ccccc1N. The van der Waals surface area contributed by atoms with Crippen molar-refractivity contribution in [2.24, 2.45) is 0 Å². The van der Waals surface area contributed by atoms with E-state index in [2.05, 4.69) is 5.32 Å². The van der Waals surface area contributed by atoms with Crippen molar-refractivity contribution in [3.63, 3.8) is 0 Å². The van der Waals surface area contributed by atoms with Gasteiger partial charge in [-0.2, -0.15) is 0 Å². The lowest BCUT2D eigenvalue weighted by atomic mass is 10.1. The molecule has 0 spiro atoms. The fourth-order valence-electron chi connectivity index (χ4n) is 2.14. The number of hydrogen-bond donors (Lipinski definition) is 3. The van der Waals surface area contributed by atoms with E-state index in [1.807, 2.05) is 12.1 Å². The molecule has 0 bridgehead atoms. The highest BCUT2D eigenvalue weighted by atomic mass is 33.1. The molecule has 2 rings (SSSR count). The molecular formula is C18H21N3O2S2. The quantitative estimate of drug-likeness (QED) is 0.269. The monoisotopic (exact) mass is 375 g/mol. The summed E-state index contributed by atoms with van der Waals surface area (Å²) in [7, 11) is 3.23. The van der Waals surface area contributed by atoms with E-state index in [0.717, 1.165) is 5.75 Å². The number of anilines is 2. The molecule has 0 atom stereocenters. The minimum Gasteiger partial charge on any atom is -0.398 e. The molecule has 0 aromatic heterocycles. The molecule has 0 aliphatic heterocycles. The van der Waals surface area contributed by atoms with Crippen LogP contribution in [0.2, 0.25) is 0 Å². The van der Waals surface area contributed by atoms with Crippen LogP contribution >= 0.6 is 21.6 Å². The van der Waals surface area contributed by atoms with Gasteiger partial charge < -0.3 is 16.8 Å². The minimum absolute atomic E-state index is 0.0547. The minimum atomic E-state index is -0.168. The molecule has 5 nitrogen and oxygen atoms in total. The lowest BCUT2D eigenvalue weighted by molar-refractivity contribution is 0.0955. The van der Waals surface area contributed by atoms with Gasteiger partial charge >= 0.3 is 0 Å². The van der Waals surface area contributed by atoms with Gasteiger partial charge in [0.15, 0.2) is 5.78 Å². The molecule has 0 heterocycles. The largest absolute Gasteiger partial charge is 0.398 e.